The second-order valence-corrected chi connectivity index (χ2v) is 7.26. The van der Waals surface area contributed by atoms with E-state index in [4.69, 9.17) is 15.2 Å². The van der Waals surface area contributed by atoms with Crippen molar-refractivity contribution in [2.75, 3.05) is 25.4 Å². The van der Waals surface area contributed by atoms with Crippen LogP contribution in [0, 0.1) is 12.8 Å². The van der Waals surface area contributed by atoms with E-state index in [1.807, 2.05) is 45.9 Å². The van der Waals surface area contributed by atoms with Crippen LogP contribution >= 0.6 is 0 Å². The van der Waals surface area contributed by atoms with Gasteiger partial charge >= 0.3 is 6.09 Å². The number of hydrogen-bond acceptors (Lipinski definition) is 4. The molecule has 1 aliphatic heterocycles. The summed E-state index contributed by atoms with van der Waals surface area (Å²) in [5, 5.41) is 0. The summed E-state index contributed by atoms with van der Waals surface area (Å²) in [6, 6.07) is 5.81. The molecular formula is C18H28N2O3. The van der Waals surface area contributed by atoms with Crippen LogP contribution in [0.3, 0.4) is 0 Å². The number of aryl methyl sites for hydroxylation is 1. The maximum atomic E-state index is 12.0. The first-order valence-electron chi connectivity index (χ1n) is 8.21. The third kappa shape index (κ3) is 5.34. The molecule has 1 saturated heterocycles. The van der Waals surface area contributed by atoms with Crippen LogP contribution in [-0.4, -0.2) is 36.3 Å². The number of rotatable bonds is 3. The molecule has 5 nitrogen and oxygen atoms in total. The Hall–Kier alpha value is -1.91. The number of amides is 1. The molecule has 1 fully saturated rings. The number of anilines is 1. The van der Waals surface area contributed by atoms with Gasteiger partial charge in [0.15, 0.2) is 0 Å². The Bertz CT molecular complexity index is 544. The highest BCUT2D eigenvalue weighted by atomic mass is 16.6. The highest BCUT2D eigenvalue weighted by Crippen LogP contribution is 2.25. The molecule has 0 aromatic heterocycles. The number of piperidine rings is 1. The van der Waals surface area contributed by atoms with Gasteiger partial charge in [0.2, 0.25) is 0 Å². The Morgan fingerprint density at radius 2 is 1.96 bits per heavy atom. The van der Waals surface area contributed by atoms with Gasteiger partial charge in [0, 0.05) is 13.1 Å². The maximum absolute atomic E-state index is 12.0. The molecule has 5 heteroatoms. The Balaban J connectivity index is 1.79. The van der Waals surface area contributed by atoms with E-state index in [-0.39, 0.29) is 6.09 Å². The number of benzene rings is 1. The zero-order chi connectivity index (χ0) is 17.0. The second-order valence-electron chi connectivity index (χ2n) is 7.26. The smallest absolute Gasteiger partial charge is 0.410 e. The van der Waals surface area contributed by atoms with Gasteiger partial charge in [-0.05, 0) is 64.2 Å². The fourth-order valence-corrected chi connectivity index (χ4v) is 2.58. The fraction of sp³-hybridized carbons (Fsp3) is 0.611. The van der Waals surface area contributed by atoms with Crippen molar-refractivity contribution in [3.05, 3.63) is 23.8 Å². The third-order valence-electron chi connectivity index (χ3n) is 3.91. The van der Waals surface area contributed by atoms with E-state index < -0.39 is 5.60 Å². The number of hydrogen-bond donors (Lipinski definition) is 1. The monoisotopic (exact) mass is 320 g/mol. The third-order valence-corrected chi connectivity index (χ3v) is 3.91. The quantitative estimate of drug-likeness (QED) is 0.864. The zero-order valence-electron chi connectivity index (χ0n) is 14.6. The SMILES string of the molecule is Cc1ccc(N)c(OCC2CCN(C(=O)OC(C)(C)C)CC2)c1. The van der Waals surface area contributed by atoms with Gasteiger partial charge in [-0.2, -0.15) is 0 Å². The minimum absolute atomic E-state index is 0.222. The summed E-state index contributed by atoms with van der Waals surface area (Å²) in [6.45, 7) is 9.74. The van der Waals surface area contributed by atoms with Crippen molar-refractivity contribution in [2.45, 2.75) is 46.1 Å². The molecule has 0 spiro atoms. The molecule has 0 atom stereocenters. The van der Waals surface area contributed by atoms with Gasteiger partial charge in [0.05, 0.1) is 12.3 Å². The Morgan fingerprint density at radius 3 is 2.57 bits per heavy atom. The lowest BCUT2D eigenvalue weighted by Gasteiger charge is -2.33. The summed E-state index contributed by atoms with van der Waals surface area (Å²) in [5.41, 5.74) is 7.29. The van der Waals surface area contributed by atoms with E-state index >= 15 is 0 Å². The van der Waals surface area contributed by atoms with Crippen LogP contribution in [0.4, 0.5) is 10.5 Å². The van der Waals surface area contributed by atoms with Crippen LogP contribution in [0.25, 0.3) is 0 Å². The summed E-state index contributed by atoms with van der Waals surface area (Å²) < 4.78 is 11.3. The number of nitrogens with two attached hydrogens (primary N) is 1. The van der Waals surface area contributed by atoms with Crippen LogP contribution in [0.2, 0.25) is 0 Å². The maximum Gasteiger partial charge on any atom is 0.410 e. The van der Waals surface area contributed by atoms with Crippen molar-refractivity contribution in [2.24, 2.45) is 5.92 Å². The summed E-state index contributed by atoms with van der Waals surface area (Å²) in [7, 11) is 0. The van der Waals surface area contributed by atoms with Gasteiger partial charge in [-0.3, -0.25) is 0 Å². The van der Waals surface area contributed by atoms with Crippen molar-refractivity contribution in [3.63, 3.8) is 0 Å². The molecule has 1 heterocycles. The molecule has 1 aliphatic rings. The predicted octanol–water partition coefficient (Wildman–Crippen LogP) is 3.60. The van der Waals surface area contributed by atoms with Crippen molar-refractivity contribution in [3.8, 4) is 5.75 Å². The molecule has 2 rings (SSSR count). The number of carbonyl (C=O) groups is 1. The molecule has 128 valence electrons. The number of ether oxygens (including phenoxy) is 2. The largest absolute Gasteiger partial charge is 0.491 e. The average molecular weight is 320 g/mol. The van der Waals surface area contributed by atoms with Crippen LogP contribution in [0.1, 0.15) is 39.2 Å². The van der Waals surface area contributed by atoms with Crippen molar-refractivity contribution < 1.29 is 14.3 Å². The van der Waals surface area contributed by atoms with Crippen molar-refractivity contribution in [1.82, 2.24) is 4.90 Å². The Morgan fingerprint density at radius 1 is 1.30 bits per heavy atom. The molecule has 0 radical (unpaired) electrons. The van der Waals surface area contributed by atoms with Crippen molar-refractivity contribution in [1.29, 1.82) is 0 Å². The first kappa shape index (κ1) is 17.4. The van der Waals surface area contributed by atoms with Crippen molar-refractivity contribution >= 4 is 11.8 Å². The number of nitrogens with zero attached hydrogens (tertiary/aromatic N) is 1. The van der Waals surface area contributed by atoms with Crippen LogP contribution in [0.5, 0.6) is 5.75 Å². The molecule has 23 heavy (non-hydrogen) atoms. The number of likely N-dealkylation sites (tertiary alicyclic amines) is 1. The van der Waals surface area contributed by atoms with Crippen LogP contribution in [0.15, 0.2) is 18.2 Å². The highest BCUT2D eigenvalue weighted by Gasteiger charge is 2.27. The zero-order valence-corrected chi connectivity index (χ0v) is 14.6. The molecular weight excluding hydrogens is 292 g/mol. The second kappa shape index (κ2) is 7.11. The molecule has 1 aromatic carbocycles. The van der Waals surface area contributed by atoms with Gasteiger partial charge in [0.25, 0.3) is 0 Å². The van der Waals surface area contributed by atoms with Gasteiger partial charge in [-0.1, -0.05) is 6.07 Å². The summed E-state index contributed by atoms with van der Waals surface area (Å²) in [5.74, 6) is 1.19. The minimum Gasteiger partial charge on any atom is -0.491 e. The average Bonchev–Trinajstić information content (AvgIpc) is 2.47. The standard InChI is InChI=1S/C18H28N2O3/c1-13-5-6-15(19)16(11-13)22-12-14-7-9-20(10-8-14)17(21)23-18(2,3)4/h5-6,11,14H,7-10,12,19H2,1-4H3. The molecule has 0 saturated carbocycles. The van der Waals surface area contributed by atoms with Crippen LogP contribution in [-0.2, 0) is 4.74 Å². The minimum atomic E-state index is -0.445. The molecule has 2 N–H and O–H groups in total. The van der Waals surface area contributed by atoms with Gasteiger partial charge in [-0.25, -0.2) is 4.79 Å². The van der Waals surface area contributed by atoms with E-state index in [0.29, 0.717) is 31.3 Å². The first-order valence-corrected chi connectivity index (χ1v) is 8.21. The van der Waals surface area contributed by atoms with Gasteiger partial charge in [0.1, 0.15) is 11.4 Å². The summed E-state index contributed by atoms with van der Waals surface area (Å²) in [6.07, 6.45) is 1.62. The van der Waals surface area contributed by atoms with E-state index in [1.54, 1.807) is 4.90 Å². The molecule has 0 bridgehead atoms. The van der Waals surface area contributed by atoms with Gasteiger partial charge < -0.3 is 20.1 Å². The highest BCUT2D eigenvalue weighted by molar-refractivity contribution is 5.68. The molecule has 1 amide bonds. The van der Waals surface area contributed by atoms with Gasteiger partial charge in [-0.15, -0.1) is 0 Å². The predicted molar refractivity (Wildman–Crippen MR) is 91.6 cm³/mol. The fourth-order valence-electron chi connectivity index (χ4n) is 2.58. The molecule has 0 aliphatic carbocycles. The Labute approximate surface area is 138 Å². The number of carbonyl (C=O) groups excluding carboxylic acids is 1. The summed E-state index contributed by atoms with van der Waals surface area (Å²) in [4.78, 5) is 13.8. The van der Waals surface area contributed by atoms with E-state index in [2.05, 4.69) is 0 Å². The van der Waals surface area contributed by atoms with E-state index in [9.17, 15) is 4.79 Å². The van der Waals surface area contributed by atoms with E-state index in [1.165, 1.54) is 0 Å². The summed E-state index contributed by atoms with van der Waals surface area (Å²) >= 11 is 0. The van der Waals surface area contributed by atoms with E-state index in [0.717, 1.165) is 24.2 Å². The lowest BCUT2D eigenvalue weighted by molar-refractivity contribution is 0.0165. The lowest BCUT2D eigenvalue weighted by Crippen LogP contribution is -2.42. The normalized spacial score (nSPS) is 16.3. The Kier molecular flexibility index (Phi) is 5.39. The van der Waals surface area contributed by atoms with Crippen LogP contribution < -0.4 is 10.5 Å². The molecule has 1 aromatic rings. The first-order chi connectivity index (χ1) is 10.7. The molecule has 0 unspecified atom stereocenters. The topological polar surface area (TPSA) is 64.8 Å². The number of nitrogen functional groups attached to an aromatic ring is 1. The lowest BCUT2D eigenvalue weighted by atomic mass is 9.98.